The molecule has 1 aromatic rings. The Morgan fingerprint density at radius 1 is 1.25 bits per heavy atom. The van der Waals surface area contributed by atoms with E-state index in [1.807, 2.05) is 6.92 Å². The molecule has 20 heavy (non-hydrogen) atoms. The van der Waals surface area contributed by atoms with E-state index < -0.39 is 0 Å². The highest BCUT2D eigenvalue weighted by Crippen LogP contribution is 2.08. The Kier molecular flexibility index (Phi) is 8.51. The molecule has 0 bridgehead atoms. The van der Waals surface area contributed by atoms with E-state index in [1.165, 1.54) is 11.1 Å². The van der Waals surface area contributed by atoms with Crippen LogP contribution in [0.5, 0.6) is 0 Å². The van der Waals surface area contributed by atoms with Crippen LogP contribution in [0.1, 0.15) is 31.9 Å². The first kappa shape index (κ1) is 17.2. The molecule has 3 nitrogen and oxygen atoms in total. The molecule has 1 rings (SSSR count). The summed E-state index contributed by atoms with van der Waals surface area (Å²) in [5, 5.41) is 3.49. The van der Waals surface area contributed by atoms with Crippen LogP contribution >= 0.6 is 0 Å². The number of likely N-dealkylation sites (N-methyl/N-ethyl adjacent to an activating group) is 1. The van der Waals surface area contributed by atoms with Crippen LogP contribution in [0.15, 0.2) is 24.3 Å². The molecule has 0 atom stereocenters. The summed E-state index contributed by atoms with van der Waals surface area (Å²) in [4.78, 5) is 2.30. The fourth-order valence-corrected chi connectivity index (χ4v) is 2.10. The molecule has 0 unspecified atom stereocenters. The summed E-state index contributed by atoms with van der Waals surface area (Å²) in [6.07, 6.45) is 0. The van der Waals surface area contributed by atoms with Crippen LogP contribution in [0.25, 0.3) is 0 Å². The number of nitrogens with zero attached hydrogens (tertiary/aromatic N) is 1. The Bertz CT molecular complexity index is 366. The molecule has 0 saturated heterocycles. The minimum Gasteiger partial charge on any atom is -0.380 e. The predicted molar refractivity (Wildman–Crippen MR) is 85.8 cm³/mol. The molecule has 0 aliphatic rings. The van der Waals surface area contributed by atoms with Crippen molar-refractivity contribution in [2.24, 2.45) is 5.92 Å². The summed E-state index contributed by atoms with van der Waals surface area (Å²) in [5.41, 5.74) is 2.73. The van der Waals surface area contributed by atoms with E-state index in [2.05, 4.69) is 55.4 Å². The van der Waals surface area contributed by atoms with E-state index in [9.17, 15) is 0 Å². The lowest BCUT2D eigenvalue weighted by Crippen LogP contribution is -2.23. The summed E-state index contributed by atoms with van der Waals surface area (Å²) in [6, 6.07) is 8.84. The minimum atomic E-state index is 0.697. The van der Waals surface area contributed by atoms with Gasteiger partial charge in [0.25, 0.3) is 0 Å². The SMILES string of the molecule is CCOCCN(C)Cc1cccc(CNCC(C)C)c1. The van der Waals surface area contributed by atoms with Gasteiger partial charge in [0, 0.05) is 26.2 Å². The Morgan fingerprint density at radius 3 is 2.70 bits per heavy atom. The predicted octanol–water partition coefficient (Wildman–Crippen LogP) is 2.90. The van der Waals surface area contributed by atoms with Crippen LogP contribution < -0.4 is 5.32 Å². The van der Waals surface area contributed by atoms with Gasteiger partial charge in [0.05, 0.1) is 6.61 Å². The summed E-state index contributed by atoms with van der Waals surface area (Å²) in [5.74, 6) is 0.697. The van der Waals surface area contributed by atoms with E-state index in [-0.39, 0.29) is 0 Å². The molecule has 0 aliphatic heterocycles. The van der Waals surface area contributed by atoms with Crippen LogP contribution in [-0.4, -0.2) is 38.3 Å². The van der Waals surface area contributed by atoms with Crippen molar-refractivity contribution in [3.8, 4) is 0 Å². The van der Waals surface area contributed by atoms with Gasteiger partial charge >= 0.3 is 0 Å². The zero-order chi connectivity index (χ0) is 14.8. The number of hydrogen-bond donors (Lipinski definition) is 1. The third kappa shape index (κ3) is 7.63. The highest BCUT2D eigenvalue weighted by atomic mass is 16.5. The van der Waals surface area contributed by atoms with Gasteiger partial charge in [-0.05, 0) is 37.6 Å². The van der Waals surface area contributed by atoms with Gasteiger partial charge in [-0.1, -0.05) is 38.1 Å². The summed E-state index contributed by atoms with van der Waals surface area (Å²) in [6.45, 7) is 12.1. The Balaban J connectivity index is 2.38. The highest BCUT2D eigenvalue weighted by Gasteiger charge is 2.02. The maximum absolute atomic E-state index is 5.39. The van der Waals surface area contributed by atoms with Crippen molar-refractivity contribution in [1.29, 1.82) is 0 Å². The monoisotopic (exact) mass is 278 g/mol. The molecule has 1 aromatic carbocycles. The van der Waals surface area contributed by atoms with Crippen LogP contribution in [0.3, 0.4) is 0 Å². The van der Waals surface area contributed by atoms with Gasteiger partial charge in [0.2, 0.25) is 0 Å². The van der Waals surface area contributed by atoms with E-state index in [1.54, 1.807) is 0 Å². The van der Waals surface area contributed by atoms with Crippen molar-refractivity contribution >= 4 is 0 Å². The van der Waals surface area contributed by atoms with Crippen LogP contribution in [0, 0.1) is 5.92 Å². The van der Waals surface area contributed by atoms with Crippen molar-refractivity contribution in [2.75, 3.05) is 33.4 Å². The van der Waals surface area contributed by atoms with E-state index in [0.717, 1.165) is 39.4 Å². The Labute approximate surface area is 124 Å². The number of ether oxygens (including phenoxy) is 1. The van der Waals surface area contributed by atoms with Crippen LogP contribution in [-0.2, 0) is 17.8 Å². The van der Waals surface area contributed by atoms with Gasteiger partial charge in [-0.2, -0.15) is 0 Å². The second kappa shape index (κ2) is 9.92. The average Bonchev–Trinajstić information content (AvgIpc) is 2.39. The molecule has 0 radical (unpaired) electrons. The lowest BCUT2D eigenvalue weighted by atomic mass is 10.1. The van der Waals surface area contributed by atoms with Crippen LogP contribution in [0.4, 0.5) is 0 Å². The number of nitrogens with one attached hydrogen (secondary N) is 1. The normalized spacial score (nSPS) is 11.5. The summed E-state index contributed by atoms with van der Waals surface area (Å²) >= 11 is 0. The molecule has 0 aromatic heterocycles. The van der Waals surface area contributed by atoms with Gasteiger partial charge in [-0.15, -0.1) is 0 Å². The molecule has 3 heteroatoms. The lowest BCUT2D eigenvalue weighted by molar-refractivity contribution is 0.120. The first-order valence-electron chi connectivity index (χ1n) is 7.66. The maximum atomic E-state index is 5.39. The largest absolute Gasteiger partial charge is 0.380 e. The molecular formula is C17H30N2O. The zero-order valence-corrected chi connectivity index (χ0v) is 13.5. The zero-order valence-electron chi connectivity index (χ0n) is 13.5. The summed E-state index contributed by atoms with van der Waals surface area (Å²) in [7, 11) is 2.14. The van der Waals surface area contributed by atoms with Crippen molar-refractivity contribution in [1.82, 2.24) is 10.2 Å². The lowest BCUT2D eigenvalue weighted by Gasteiger charge is -2.17. The smallest absolute Gasteiger partial charge is 0.0593 e. The molecule has 0 spiro atoms. The second-order valence-electron chi connectivity index (χ2n) is 5.78. The number of benzene rings is 1. The molecule has 0 saturated carbocycles. The topological polar surface area (TPSA) is 24.5 Å². The molecule has 0 aliphatic carbocycles. The van der Waals surface area contributed by atoms with Gasteiger partial charge in [-0.25, -0.2) is 0 Å². The highest BCUT2D eigenvalue weighted by molar-refractivity contribution is 5.23. The van der Waals surface area contributed by atoms with Crippen molar-refractivity contribution in [2.45, 2.75) is 33.9 Å². The molecule has 0 amide bonds. The molecule has 0 fully saturated rings. The van der Waals surface area contributed by atoms with Gasteiger partial charge in [-0.3, -0.25) is 4.90 Å². The second-order valence-corrected chi connectivity index (χ2v) is 5.78. The van der Waals surface area contributed by atoms with E-state index in [4.69, 9.17) is 4.74 Å². The van der Waals surface area contributed by atoms with Crippen molar-refractivity contribution in [3.05, 3.63) is 35.4 Å². The molecule has 114 valence electrons. The molecule has 0 heterocycles. The number of hydrogen-bond acceptors (Lipinski definition) is 3. The Morgan fingerprint density at radius 2 is 2.00 bits per heavy atom. The third-order valence-corrected chi connectivity index (χ3v) is 3.15. The van der Waals surface area contributed by atoms with Crippen LogP contribution in [0.2, 0.25) is 0 Å². The average molecular weight is 278 g/mol. The summed E-state index contributed by atoms with van der Waals surface area (Å²) < 4.78 is 5.39. The Hall–Kier alpha value is -0.900. The fraction of sp³-hybridized carbons (Fsp3) is 0.647. The van der Waals surface area contributed by atoms with Gasteiger partial charge in [0.1, 0.15) is 0 Å². The standard InChI is InChI=1S/C17H30N2O/c1-5-20-10-9-19(4)14-17-8-6-7-16(11-17)13-18-12-15(2)3/h6-8,11,15,18H,5,9-10,12-14H2,1-4H3. The first-order chi connectivity index (χ1) is 9.61. The van der Waals surface area contributed by atoms with E-state index in [0.29, 0.717) is 5.92 Å². The quantitative estimate of drug-likeness (QED) is 0.666. The maximum Gasteiger partial charge on any atom is 0.0593 e. The van der Waals surface area contributed by atoms with E-state index >= 15 is 0 Å². The van der Waals surface area contributed by atoms with Gasteiger partial charge in [0.15, 0.2) is 0 Å². The first-order valence-corrected chi connectivity index (χ1v) is 7.66. The van der Waals surface area contributed by atoms with Gasteiger partial charge < -0.3 is 10.1 Å². The molecular weight excluding hydrogens is 248 g/mol. The fourth-order valence-electron chi connectivity index (χ4n) is 2.10. The third-order valence-electron chi connectivity index (χ3n) is 3.15. The molecule has 1 N–H and O–H groups in total. The van der Waals surface area contributed by atoms with Crippen molar-refractivity contribution in [3.63, 3.8) is 0 Å². The number of rotatable bonds is 10. The minimum absolute atomic E-state index is 0.697. The van der Waals surface area contributed by atoms with Crippen molar-refractivity contribution < 1.29 is 4.74 Å².